The molecular formula is C29H36F4N4O4. The van der Waals surface area contributed by atoms with E-state index in [-0.39, 0.29) is 31.0 Å². The Morgan fingerprint density at radius 1 is 1.20 bits per heavy atom. The summed E-state index contributed by atoms with van der Waals surface area (Å²) in [5.74, 6) is -1.60. The molecule has 0 spiro atoms. The van der Waals surface area contributed by atoms with Crippen LogP contribution in [0.4, 0.5) is 17.6 Å². The topological polar surface area (TPSA) is 104 Å². The summed E-state index contributed by atoms with van der Waals surface area (Å²) in [6, 6.07) is 7.33. The number of ether oxygens (including phenoxy) is 1. The molecule has 224 valence electrons. The van der Waals surface area contributed by atoms with E-state index in [9.17, 15) is 32.3 Å². The van der Waals surface area contributed by atoms with Crippen LogP contribution in [-0.4, -0.2) is 77.4 Å². The molecule has 1 aromatic heterocycles. The third-order valence-corrected chi connectivity index (χ3v) is 7.92. The first-order valence-electron chi connectivity index (χ1n) is 13.6. The van der Waals surface area contributed by atoms with Gasteiger partial charge in [-0.3, -0.25) is 19.9 Å². The normalized spacial score (nSPS) is 22.5. The number of piperidine rings is 1. The second-order valence-electron chi connectivity index (χ2n) is 11.8. The molecule has 2 atom stereocenters. The average molecular weight is 581 g/mol. The molecule has 2 saturated heterocycles. The van der Waals surface area contributed by atoms with Crippen molar-refractivity contribution in [1.82, 2.24) is 20.5 Å². The van der Waals surface area contributed by atoms with Crippen LogP contribution in [0.5, 0.6) is 5.75 Å². The highest BCUT2D eigenvalue weighted by Gasteiger charge is 2.48. The quantitative estimate of drug-likeness (QED) is 0.321. The number of hydrogen-bond donors (Lipinski definition) is 3. The number of alkyl halides is 3. The molecule has 0 aliphatic carbocycles. The SMILES string of the molecule is CC(C)(CN1CCC(COc2ccc(-c3ccc(C(=O)NC(=O)[C@]4(C)C[C@@H](O)CN4)c(F)c3)nc2)CC1)C(F)(F)F. The van der Waals surface area contributed by atoms with Gasteiger partial charge in [-0.15, -0.1) is 0 Å². The number of β-amino-alcohol motifs (C(OH)–C–C–N with tert-alkyl or cyclic N) is 1. The predicted octanol–water partition coefficient (Wildman–Crippen LogP) is 3.94. The molecule has 4 rings (SSSR count). The number of carbonyl (C=O) groups is 2. The average Bonchev–Trinajstić information content (AvgIpc) is 3.27. The lowest BCUT2D eigenvalue weighted by atomic mass is 9.89. The van der Waals surface area contributed by atoms with E-state index in [1.165, 1.54) is 32.2 Å². The van der Waals surface area contributed by atoms with E-state index in [0.717, 1.165) is 18.9 Å². The van der Waals surface area contributed by atoms with E-state index in [1.807, 2.05) is 4.90 Å². The number of aromatic nitrogens is 1. The Balaban J connectivity index is 1.27. The molecule has 3 N–H and O–H groups in total. The minimum atomic E-state index is -4.24. The van der Waals surface area contributed by atoms with Gasteiger partial charge in [0.15, 0.2) is 0 Å². The maximum absolute atomic E-state index is 14.8. The molecule has 2 amide bonds. The van der Waals surface area contributed by atoms with Gasteiger partial charge in [-0.25, -0.2) is 4.39 Å². The summed E-state index contributed by atoms with van der Waals surface area (Å²) < 4.78 is 60.2. The number of amides is 2. The number of aliphatic hydroxyl groups excluding tert-OH is 1. The van der Waals surface area contributed by atoms with Crippen LogP contribution >= 0.6 is 0 Å². The molecule has 41 heavy (non-hydrogen) atoms. The summed E-state index contributed by atoms with van der Waals surface area (Å²) in [5, 5.41) is 14.7. The largest absolute Gasteiger partial charge is 0.492 e. The molecule has 3 heterocycles. The summed E-state index contributed by atoms with van der Waals surface area (Å²) in [7, 11) is 0. The Labute approximate surface area is 236 Å². The van der Waals surface area contributed by atoms with Gasteiger partial charge in [-0.1, -0.05) is 6.07 Å². The lowest BCUT2D eigenvalue weighted by Crippen LogP contribution is -2.52. The van der Waals surface area contributed by atoms with Crippen LogP contribution in [0.25, 0.3) is 11.3 Å². The van der Waals surface area contributed by atoms with Crippen molar-refractivity contribution >= 4 is 11.8 Å². The number of rotatable bonds is 8. The number of aliphatic hydroxyl groups is 1. The minimum absolute atomic E-state index is 0.0260. The van der Waals surface area contributed by atoms with Crippen molar-refractivity contribution in [3.05, 3.63) is 47.9 Å². The zero-order valence-electron chi connectivity index (χ0n) is 23.4. The van der Waals surface area contributed by atoms with Crippen molar-refractivity contribution in [1.29, 1.82) is 0 Å². The summed E-state index contributed by atoms with van der Waals surface area (Å²) in [5.41, 5.74) is -2.29. The summed E-state index contributed by atoms with van der Waals surface area (Å²) in [6.45, 7) is 5.80. The van der Waals surface area contributed by atoms with E-state index < -0.39 is 40.9 Å². The molecule has 2 aliphatic rings. The Hall–Kier alpha value is -3.09. The highest BCUT2D eigenvalue weighted by atomic mass is 19.4. The van der Waals surface area contributed by atoms with Gasteiger partial charge in [0.2, 0.25) is 5.91 Å². The van der Waals surface area contributed by atoms with Gasteiger partial charge < -0.3 is 20.1 Å². The van der Waals surface area contributed by atoms with E-state index in [4.69, 9.17) is 4.74 Å². The van der Waals surface area contributed by atoms with Gasteiger partial charge in [0.05, 0.1) is 41.1 Å². The first kappa shape index (κ1) is 30.9. The first-order valence-corrected chi connectivity index (χ1v) is 13.6. The maximum Gasteiger partial charge on any atom is 0.395 e. The molecule has 12 heteroatoms. The summed E-state index contributed by atoms with van der Waals surface area (Å²) in [4.78, 5) is 31.2. The molecule has 0 bridgehead atoms. The molecule has 2 aromatic rings. The van der Waals surface area contributed by atoms with Crippen LogP contribution in [0.15, 0.2) is 36.5 Å². The van der Waals surface area contributed by atoms with Crippen molar-refractivity contribution in [3.63, 3.8) is 0 Å². The van der Waals surface area contributed by atoms with Crippen LogP contribution < -0.4 is 15.4 Å². The van der Waals surface area contributed by atoms with E-state index in [2.05, 4.69) is 15.6 Å². The predicted molar refractivity (Wildman–Crippen MR) is 144 cm³/mol. The van der Waals surface area contributed by atoms with Gasteiger partial charge >= 0.3 is 6.18 Å². The lowest BCUT2D eigenvalue weighted by Gasteiger charge is -2.38. The van der Waals surface area contributed by atoms with Gasteiger partial charge in [-0.2, -0.15) is 13.2 Å². The van der Waals surface area contributed by atoms with Crippen LogP contribution in [0, 0.1) is 17.2 Å². The lowest BCUT2D eigenvalue weighted by molar-refractivity contribution is -0.217. The second-order valence-corrected chi connectivity index (χ2v) is 11.8. The fourth-order valence-electron chi connectivity index (χ4n) is 5.11. The van der Waals surface area contributed by atoms with E-state index in [1.54, 1.807) is 19.1 Å². The highest BCUT2D eigenvalue weighted by Crippen LogP contribution is 2.38. The number of nitrogens with one attached hydrogen (secondary N) is 2. The van der Waals surface area contributed by atoms with Crippen LogP contribution in [0.1, 0.15) is 50.4 Å². The zero-order valence-corrected chi connectivity index (χ0v) is 23.4. The smallest absolute Gasteiger partial charge is 0.395 e. The molecule has 2 fully saturated rings. The van der Waals surface area contributed by atoms with Crippen molar-refractivity contribution in [2.75, 3.05) is 32.8 Å². The number of halogens is 4. The molecule has 0 unspecified atom stereocenters. The second kappa shape index (κ2) is 12.0. The Bertz CT molecular complexity index is 1250. The van der Waals surface area contributed by atoms with Gasteiger partial charge in [0.1, 0.15) is 11.6 Å². The Kier molecular flexibility index (Phi) is 9.05. The summed E-state index contributed by atoms with van der Waals surface area (Å²) in [6.07, 6.45) is -1.82. The van der Waals surface area contributed by atoms with Crippen LogP contribution in [-0.2, 0) is 4.79 Å². The number of pyridine rings is 1. The van der Waals surface area contributed by atoms with Crippen molar-refractivity contribution in [2.45, 2.75) is 57.9 Å². The van der Waals surface area contributed by atoms with E-state index >= 15 is 0 Å². The van der Waals surface area contributed by atoms with Crippen molar-refractivity contribution in [3.8, 4) is 17.0 Å². The minimum Gasteiger partial charge on any atom is -0.492 e. The number of hydrogen-bond acceptors (Lipinski definition) is 7. The Morgan fingerprint density at radius 3 is 2.46 bits per heavy atom. The van der Waals surface area contributed by atoms with Crippen LogP contribution in [0.2, 0.25) is 0 Å². The molecule has 0 saturated carbocycles. The first-order chi connectivity index (χ1) is 19.2. The molecular weight excluding hydrogens is 544 g/mol. The Morgan fingerprint density at radius 2 is 1.90 bits per heavy atom. The maximum atomic E-state index is 14.8. The molecule has 1 aromatic carbocycles. The monoisotopic (exact) mass is 580 g/mol. The van der Waals surface area contributed by atoms with E-state index in [0.29, 0.717) is 36.7 Å². The fourth-order valence-corrected chi connectivity index (χ4v) is 5.11. The molecule has 0 radical (unpaired) electrons. The highest BCUT2D eigenvalue weighted by molar-refractivity contribution is 6.07. The van der Waals surface area contributed by atoms with Gasteiger partial charge in [0, 0.05) is 25.1 Å². The molecule has 2 aliphatic heterocycles. The van der Waals surface area contributed by atoms with Gasteiger partial charge in [0.25, 0.3) is 5.91 Å². The number of imide groups is 1. The standard InChI is InChI=1S/C29H36F4N4O4/c1-27(2,29(31,32)33)17-37-10-8-18(9-11-37)16-41-21-5-7-24(34-15-21)19-4-6-22(23(30)12-19)25(39)36-26(40)28(3)13-20(38)14-35-28/h4-7,12,15,18,20,35,38H,8-11,13-14,16-17H2,1-3H3,(H,36,39,40)/t20-,28+/m1/s1. The number of nitrogens with zero attached hydrogens (tertiary/aromatic N) is 2. The number of benzene rings is 1. The zero-order chi connectivity index (χ0) is 30.0. The molecule has 8 nitrogen and oxygen atoms in total. The fraction of sp³-hybridized carbons (Fsp3) is 0.552. The van der Waals surface area contributed by atoms with Crippen molar-refractivity contribution < 1.29 is 37.0 Å². The van der Waals surface area contributed by atoms with Crippen LogP contribution in [0.3, 0.4) is 0 Å². The third kappa shape index (κ3) is 7.41. The van der Waals surface area contributed by atoms with Gasteiger partial charge in [-0.05, 0) is 76.9 Å². The van der Waals surface area contributed by atoms with Crippen molar-refractivity contribution in [2.24, 2.45) is 11.3 Å². The number of likely N-dealkylation sites (tertiary alicyclic amines) is 1. The third-order valence-electron chi connectivity index (χ3n) is 7.92. The number of carbonyl (C=O) groups excluding carboxylic acids is 2. The summed E-state index contributed by atoms with van der Waals surface area (Å²) >= 11 is 0.